The van der Waals surface area contributed by atoms with Gasteiger partial charge in [0.05, 0.1) is 0 Å². The molecule has 2 rings (SSSR count). The minimum atomic E-state index is -0.387. The Hall–Kier alpha value is -2.76. The van der Waals surface area contributed by atoms with Crippen molar-refractivity contribution in [1.29, 1.82) is 0 Å². The van der Waals surface area contributed by atoms with E-state index >= 15 is 0 Å². The van der Waals surface area contributed by atoms with Crippen molar-refractivity contribution in [2.45, 2.75) is 26.3 Å². The zero-order valence-corrected chi connectivity index (χ0v) is 13.5. The zero-order chi connectivity index (χ0) is 17.4. The maximum Gasteiger partial charge on any atom is 0.270 e. The average molecular weight is 329 g/mol. The normalized spacial score (nSPS) is 10.2. The number of unbranched alkanes of at least 4 members (excludes halogenated alkanes) is 1. The highest BCUT2D eigenvalue weighted by molar-refractivity contribution is 5.96. The van der Waals surface area contributed by atoms with Crippen LogP contribution in [-0.4, -0.2) is 23.3 Å². The van der Waals surface area contributed by atoms with Crippen molar-refractivity contribution in [2.24, 2.45) is 0 Å². The second-order valence-corrected chi connectivity index (χ2v) is 5.33. The highest BCUT2D eigenvalue weighted by atomic mass is 19.1. The highest BCUT2D eigenvalue weighted by Crippen LogP contribution is 2.04. The van der Waals surface area contributed by atoms with E-state index in [1.54, 1.807) is 30.3 Å². The standard InChI is InChI=1S/C18H20FN3O2/c1-2-3-11-20-17(23)15-5-4-6-16(22-15)18(24)21-12-13-7-9-14(19)10-8-13/h4-10H,2-3,11-12H2,1H3,(H,20,23)(H,21,24). The largest absolute Gasteiger partial charge is 0.351 e. The van der Waals surface area contributed by atoms with Crippen molar-refractivity contribution in [2.75, 3.05) is 6.54 Å². The molecule has 2 N–H and O–H groups in total. The molecule has 0 aliphatic rings. The number of halogens is 1. The molecule has 5 nitrogen and oxygen atoms in total. The molecule has 0 spiro atoms. The van der Waals surface area contributed by atoms with Crippen LogP contribution in [0.15, 0.2) is 42.5 Å². The lowest BCUT2D eigenvalue weighted by Gasteiger charge is -2.07. The van der Waals surface area contributed by atoms with Gasteiger partial charge in [-0.2, -0.15) is 0 Å². The van der Waals surface area contributed by atoms with Crippen LogP contribution in [0, 0.1) is 5.82 Å². The van der Waals surface area contributed by atoms with Crippen LogP contribution in [-0.2, 0) is 6.54 Å². The number of carbonyl (C=O) groups is 2. The summed E-state index contributed by atoms with van der Waals surface area (Å²) in [4.78, 5) is 28.2. The van der Waals surface area contributed by atoms with E-state index in [-0.39, 0.29) is 35.6 Å². The Balaban J connectivity index is 1.95. The van der Waals surface area contributed by atoms with E-state index in [1.165, 1.54) is 12.1 Å². The molecule has 24 heavy (non-hydrogen) atoms. The Morgan fingerprint density at radius 1 is 1.00 bits per heavy atom. The Morgan fingerprint density at radius 2 is 1.62 bits per heavy atom. The van der Waals surface area contributed by atoms with Crippen LogP contribution < -0.4 is 10.6 Å². The summed E-state index contributed by atoms with van der Waals surface area (Å²) in [5.41, 5.74) is 1.15. The molecule has 0 fully saturated rings. The van der Waals surface area contributed by atoms with Gasteiger partial charge >= 0.3 is 0 Å². The van der Waals surface area contributed by atoms with Crippen molar-refractivity contribution in [1.82, 2.24) is 15.6 Å². The molecule has 0 bridgehead atoms. The molecular weight excluding hydrogens is 309 g/mol. The summed E-state index contributed by atoms with van der Waals surface area (Å²) >= 11 is 0. The maximum absolute atomic E-state index is 12.8. The maximum atomic E-state index is 12.8. The lowest BCUT2D eigenvalue weighted by atomic mass is 10.2. The first-order valence-corrected chi connectivity index (χ1v) is 7.88. The van der Waals surface area contributed by atoms with Gasteiger partial charge in [-0.25, -0.2) is 9.37 Å². The number of nitrogens with zero attached hydrogens (tertiary/aromatic N) is 1. The lowest BCUT2D eigenvalue weighted by Crippen LogP contribution is -2.28. The van der Waals surface area contributed by atoms with Gasteiger partial charge in [-0.15, -0.1) is 0 Å². The number of rotatable bonds is 7. The number of nitrogens with one attached hydrogen (secondary N) is 2. The van der Waals surface area contributed by atoms with Crippen LogP contribution in [0.25, 0.3) is 0 Å². The van der Waals surface area contributed by atoms with E-state index in [0.717, 1.165) is 18.4 Å². The molecule has 0 saturated carbocycles. The highest BCUT2D eigenvalue weighted by Gasteiger charge is 2.11. The Labute approximate surface area is 140 Å². The number of hydrogen-bond donors (Lipinski definition) is 2. The van der Waals surface area contributed by atoms with Gasteiger partial charge in [0.15, 0.2) is 0 Å². The van der Waals surface area contributed by atoms with Crippen LogP contribution >= 0.6 is 0 Å². The minimum absolute atomic E-state index is 0.167. The van der Waals surface area contributed by atoms with Gasteiger partial charge in [0, 0.05) is 13.1 Å². The fourth-order valence-corrected chi connectivity index (χ4v) is 2.03. The summed E-state index contributed by atoms with van der Waals surface area (Å²) in [6.45, 7) is 2.88. The van der Waals surface area contributed by atoms with Crippen LogP contribution in [0.1, 0.15) is 46.3 Å². The van der Waals surface area contributed by atoms with Crippen LogP contribution in [0.3, 0.4) is 0 Å². The Bertz CT molecular complexity index is 702. The fourth-order valence-electron chi connectivity index (χ4n) is 2.03. The number of carbonyl (C=O) groups excluding carboxylic acids is 2. The molecule has 2 aromatic rings. The smallest absolute Gasteiger partial charge is 0.270 e. The first-order valence-electron chi connectivity index (χ1n) is 7.88. The van der Waals surface area contributed by atoms with Gasteiger partial charge in [-0.1, -0.05) is 31.5 Å². The summed E-state index contributed by atoms with van der Waals surface area (Å²) in [6, 6.07) is 10.6. The van der Waals surface area contributed by atoms with Gasteiger partial charge in [0.25, 0.3) is 11.8 Å². The number of hydrogen-bond acceptors (Lipinski definition) is 3. The molecule has 0 aliphatic carbocycles. The third-order valence-electron chi connectivity index (χ3n) is 3.40. The molecule has 0 radical (unpaired) electrons. The molecule has 6 heteroatoms. The first-order chi connectivity index (χ1) is 11.6. The number of amides is 2. The van der Waals surface area contributed by atoms with Gasteiger partial charge in [0.2, 0.25) is 0 Å². The fraction of sp³-hybridized carbons (Fsp3) is 0.278. The van der Waals surface area contributed by atoms with E-state index in [4.69, 9.17) is 0 Å². The van der Waals surface area contributed by atoms with E-state index in [1.807, 2.05) is 6.92 Å². The van der Waals surface area contributed by atoms with Gasteiger partial charge in [-0.3, -0.25) is 9.59 Å². The van der Waals surface area contributed by atoms with E-state index in [9.17, 15) is 14.0 Å². The molecule has 0 unspecified atom stereocenters. The SMILES string of the molecule is CCCCNC(=O)c1cccc(C(=O)NCc2ccc(F)cc2)n1. The minimum Gasteiger partial charge on any atom is -0.351 e. The molecule has 0 saturated heterocycles. The second kappa shape index (κ2) is 8.76. The van der Waals surface area contributed by atoms with Crippen LogP contribution in [0.2, 0.25) is 0 Å². The molecular formula is C18H20FN3O2. The van der Waals surface area contributed by atoms with Crippen molar-refractivity contribution < 1.29 is 14.0 Å². The summed E-state index contributed by atoms with van der Waals surface area (Å²) < 4.78 is 12.8. The van der Waals surface area contributed by atoms with Crippen LogP contribution in [0.4, 0.5) is 4.39 Å². The summed E-state index contributed by atoms with van der Waals surface area (Å²) in [5, 5.41) is 5.46. The van der Waals surface area contributed by atoms with E-state index in [2.05, 4.69) is 15.6 Å². The average Bonchev–Trinajstić information content (AvgIpc) is 2.61. The number of benzene rings is 1. The molecule has 1 aromatic heterocycles. The monoisotopic (exact) mass is 329 g/mol. The zero-order valence-electron chi connectivity index (χ0n) is 13.5. The Morgan fingerprint density at radius 3 is 2.25 bits per heavy atom. The second-order valence-electron chi connectivity index (χ2n) is 5.33. The van der Waals surface area contributed by atoms with Gasteiger partial charge in [0.1, 0.15) is 17.2 Å². The molecule has 1 heterocycles. The topological polar surface area (TPSA) is 71.1 Å². The predicted molar refractivity (Wildman–Crippen MR) is 89.0 cm³/mol. The molecule has 126 valence electrons. The molecule has 0 atom stereocenters. The summed E-state index contributed by atoms with van der Waals surface area (Å²) in [6.07, 6.45) is 1.88. The quantitative estimate of drug-likeness (QED) is 0.767. The van der Waals surface area contributed by atoms with Crippen molar-refractivity contribution in [3.8, 4) is 0 Å². The van der Waals surface area contributed by atoms with Crippen molar-refractivity contribution in [3.05, 3.63) is 65.2 Å². The van der Waals surface area contributed by atoms with Gasteiger partial charge < -0.3 is 10.6 Å². The van der Waals surface area contributed by atoms with Crippen molar-refractivity contribution >= 4 is 11.8 Å². The van der Waals surface area contributed by atoms with Crippen molar-refractivity contribution in [3.63, 3.8) is 0 Å². The number of aromatic nitrogens is 1. The molecule has 2 amide bonds. The van der Waals surface area contributed by atoms with E-state index in [0.29, 0.717) is 6.54 Å². The summed E-state index contributed by atoms with van der Waals surface area (Å²) in [5.74, 6) is -1.01. The van der Waals surface area contributed by atoms with Gasteiger partial charge in [-0.05, 0) is 36.2 Å². The van der Waals surface area contributed by atoms with Crippen LogP contribution in [0.5, 0.6) is 0 Å². The summed E-state index contributed by atoms with van der Waals surface area (Å²) in [7, 11) is 0. The van der Waals surface area contributed by atoms with E-state index < -0.39 is 0 Å². The predicted octanol–water partition coefficient (Wildman–Crippen LogP) is 2.68. The number of pyridine rings is 1. The third kappa shape index (κ3) is 5.15. The lowest BCUT2D eigenvalue weighted by molar-refractivity contribution is 0.0942. The Kier molecular flexibility index (Phi) is 6.42. The molecule has 0 aliphatic heterocycles. The first kappa shape index (κ1) is 17.6. The molecule has 1 aromatic carbocycles. The third-order valence-corrected chi connectivity index (χ3v) is 3.40.